The van der Waals surface area contributed by atoms with E-state index in [9.17, 15) is 5.11 Å². The molecule has 6 heteroatoms. The molecular weight excluding hydrogens is 328 g/mol. The van der Waals surface area contributed by atoms with Crippen LogP contribution in [0.2, 0.25) is 5.02 Å². The first-order valence-electron chi connectivity index (χ1n) is 7.95. The molecule has 1 aliphatic rings. The Hall–Kier alpha value is -1.82. The SMILES string of the molecule is Cc1cc(CNCC(O)c2cc(Cl)c3c(c2)OCCO3)cc(C)n1. The molecule has 1 unspecified atom stereocenters. The summed E-state index contributed by atoms with van der Waals surface area (Å²) in [5.74, 6) is 1.14. The van der Waals surface area contributed by atoms with Crippen LogP contribution in [0.3, 0.4) is 0 Å². The zero-order valence-corrected chi connectivity index (χ0v) is 14.6. The number of pyridine rings is 1. The number of halogens is 1. The van der Waals surface area contributed by atoms with Crippen LogP contribution in [-0.2, 0) is 6.54 Å². The number of fused-ring (bicyclic) bond motifs is 1. The fraction of sp³-hybridized carbons (Fsp3) is 0.389. The Morgan fingerprint density at radius 3 is 2.62 bits per heavy atom. The molecule has 24 heavy (non-hydrogen) atoms. The normalized spacial score (nSPS) is 14.5. The smallest absolute Gasteiger partial charge is 0.179 e. The molecule has 2 N–H and O–H groups in total. The van der Waals surface area contributed by atoms with Gasteiger partial charge in [0.2, 0.25) is 0 Å². The summed E-state index contributed by atoms with van der Waals surface area (Å²) in [6.45, 7) is 6.00. The number of aliphatic hydroxyl groups excluding tert-OH is 1. The molecule has 0 amide bonds. The molecule has 3 rings (SSSR count). The molecule has 0 spiro atoms. The van der Waals surface area contributed by atoms with Gasteiger partial charge in [0.1, 0.15) is 13.2 Å². The van der Waals surface area contributed by atoms with Crippen LogP contribution in [0.1, 0.15) is 28.6 Å². The monoisotopic (exact) mass is 348 g/mol. The molecule has 0 radical (unpaired) electrons. The van der Waals surface area contributed by atoms with Gasteiger partial charge in [-0.1, -0.05) is 11.6 Å². The summed E-state index contributed by atoms with van der Waals surface area (Å²) in [5, 5.41) is 14.1. The van der Waals surface area contributed by atoms with Crippen LogP contribution in [0, 0.1) is 13.8 Å². The van der Waals surface area contributed by atoms with Crippen LogP contribution in [0.25, 0.3) is 0 Å². The van der Waals surface area contributed by atoms with Gasteiger partial charge in [0, 0.05) is 24.5 Å². The van der Waals surface area contributed by atoms with E-state index in [0.29, 0.717) is 48.4 Å². The fourth-order valence-corrected chi connectivity index (χ4v) is 3.09. The van der Waals surface area contributed by atoms with Crippen LogP contribution >= 0.6 is 11.6 Å². The van der Waals surface area contributed by atoms with Gasteiger partial charge < -0.3 is 19.9 Å². The maximum atomic E-state index is 10.4. The number of aliphatic hydroxyl groups is 1. The lowest BCUT2D eigenvalue weighted by Crippen LogP contribution is -2.22. The minimum absolute atomic E-state index is 0.413. The van der Waals surface area contributed by atoms with Gasteiger partial charge in [-0.25, -0.2) is 0 Å². The highest BCUT2D eigenvalue weighted by molar-refractivity contribution is 6.32. The number of aryl methyl sites for hydroxylation is 2. The maximum absolute atomic E-state index is 10.4. The van der Waals surface area contributed by atoms with Gasteiger partial charge in [0.05, 0.1) is 11.1 Å². The number of benzene rings is 1. The standard InChI is InChI=1S/C18H21ClN2O3/c1-11-5-13(6-12(2)21-11)9-20-10-16(22)14-7-15(19)18-17(8-14)23-3-4-24-18/h5-8,16,20,22H,3-4,9-10H2,1-2H3. The van der Waals surface area contributed by atoms with Gasteiger partial charge in [-0.3, -0.25) is 4.98 Å². The molecule has 1 atom stereocenters. The molecule has 2 aromatic rings. The van der Waals surface area contributed by atoms with E-state index in [-0.39, 0.29) is 0 Å². The molecule has 1 aromatic heterocycles. The van der Waals surface area contributed by atoms with Crippen LogP contribution in [0.4, 0.5) is 0 Å². The van der Waals surface area contributed by atoms with Crippen molar-refractivity contribution in [3.63, 3.8) is 0 Å². The minimum Gasteiger partial charge on any atom is -0.486 e. The van der Waals surface area contributed by atoms with Crippen molar-refractivity contribution in [3.05, 3.63) is 51.8 Å². The van der Waals surface area contributed by atoms with Crippen molar-refractivity contribution in [2.24, 2.45) is 0 Å². The van der Waals surface area contributed by atoms with Gasteiger partial charge in [0.15, 0.2) is 11.5 Å². The zero-order valence-electron chi connectivity index (χ0n) is 13.8. The quantitative estimate of drug-likeness (QED) is 0.869. The van der Waals surface area contributed by atoms with E-state index in [1.165, 1.54) is 0 Å². The van der Waals surface area contributed by atoms with Crippen LogP contribution < -0.4 is 14.8 Å². The van der Waals surface area contributed by atoms with Gasteiger partial charge in [-0.15, -0.1) is 0 Å². The third-order valence-corrected chi connectivity index (χ3v) is 4.09. The molecule has 0 saturated heterocycles. The predicted molar refractivity (Wildman–Crippen MR) is 92.8 cm³/mol. The van der Waals surface area contributed by atoms with Crippen molar-refractivity contribution in [1.29, 1.82) is 0 Å². The van der Waals surface area contributed by atoms with E-state index in [1.54, 1.807) is 12.1 Å². The zero-order chi connectivity index (χ0) is 17.1. The third-order valence-electron chi connectivity index (χ3n) is 3.81. The Bertz CT molecular complexity index is 716. The van der Waals surface area contributed by atoms with Crippen molar-refractivity contribution in [1.82, 2.24) is 10.3 Å². The van der Waals surface area contributed by atoms with Crippen molar-refractivity contribution in [3.8, 4) is 11.5 Å². The van der Waals surface area contributed by atoms with E-state index in [2.05, 4.69) is 10.3 Å². The second kappa shape index (κ2) is 7.38. The number of hydrogen-bond acceptors (Lipinski definition) is 5. The lowest BCUT2D eigenvalue weighted by molar-refractivity contribution is 0.163. The number of rotatable bonds is 5. The highest BCUT2D eigenvalue weighted by atomic mass is 35.5. The molecule has 0 saturated carbocycles. The summed E-state index contributed by atoms with van der Waals surface area (Å²) in [7, 11) is 0. The average Bonchev–Trinajstić information content (AvgIpc) is 2.54. The molecule has 0 fully saturated rings. The third kappa shape index (κ3) is 3.98. The van der Waals surface area contributed by atoms with Crippen molar-refractivity contribution < 1.29 is 14.6 Å². The summed E-state index contributed by atoms with van der Waals surface area (Å²) in [6, 6.07) is 7.58. The number of aromatic nitrogens is 1. The highest BCUT2D eigenvalue weighted by Crippen LogP contribution is 2.39. The Labute approximate surface area is 146 Å². The van der Waals surface area contributed by atoms with Crippen molar-refractivity contribution in [2.75, 3.05) is 19.8 Å². The summed E-state index contributed by atoms with van der Waals surface area (Å²) >= 11 is 6.21. The fourth-order valence-electron chi connectivity index (χ4n) is 2.82. The van der Waals surface area contributed by atoms with Crippen LogP contribution in [0.15, 0.2) is 24.3 Å². The number of ether oxygens (including phenoxy) is 2. The Morgan fingerprint density at radius 2 is 1.88 bits per heavy atom. The Morgan fingerprint density at radius 1 is 1.17 bits per heavy atom. The Balaban J connectivity index is 1.62. The van der Waals surface area contributed by atoms with E-state index >= 15 is 0 Å². The van der Waals surface area contributed by atoms with Gasteiger partial charge >= 0.3 is 0 Å². The molecule has 0 bridgehead atoms. The first kappa shape index (κ1) is 17.0. The van der Waals surface area contributed by atoms with Crippen LogP contribution in [0.5, 0.6) is 11.5 Å². The first-order valence-corrected chi connectivity index (χ1v) is 8.32. The molecule has 2 heterocycles. The lowest BCUT2D eigenvalue weighted by atomic mass is 10.1. The van der Waals surface area contributed by atoms with Crippen molar-refractivity contribution >= 4 is 11.6 Å². The molecular formula is C18H21ClN2O3. The average molecular weight is 349 g/mol. The predicted octanol–water partition coefficient (Wildman–Crippen LogP) is 2.95. The summed E-state index contributed by atoms with van der Waals surface area (Å²) in [4.78, 5) is 4.36. The second-order valence-corrected chi connectivity index (χ2v) is 6.34. The lowest BCUT2D eigenvalue weighted by Gasteiger charge is -2.21. The van der Waals surface area contributed by atoms with E-state index in [0.717, 1.165) is 17.0 Å². The van der Waals surface area contributed by atoms with Gasteiger partial charge in [0.25, 0.3) is 0 Å². The summed E-state index contributed by atoms with van der Waals surface area (Å²) in [5.41, 5.74) is 3.84. The minimum atomic E-state index is -0.678. The van der Waals surface area contributed by atoms with Crippen LogP contribution in [-0.4, -0.2) is 29.8 Å². The molecule has 1 aromatic carbocycles. The number of hydrogen-bond donors (Lipinski definition) is 2. The van der Waals surface area contributed by atoms with E-state index in [4.69, 9.17) is 21.1 Å². The largest absolute Gasteiger partial charge is 0.486 e. The molecule has 0 aliphatic carbocycles. The summed E-state index contributed by atoms with van der Waals surface area (Å²) < 4.78 is 11.0. The maximum Gasteiger partial charge on any atom is 0.179 e. The van der Waals surface area contributed by atoms with Gasteiger partial charge in [-0.05, 0) is 49.2 Å². The topological polar surface area (TPSA) is 63.6 Å². The number of nitrogens with one attached hydrogen (secondary N) is 1. The summed E-state index contributed by atoms with van der Waals surface area (Å²) in [6.07, 6.45) is -0.678. The molecule has 128 valence electrons. The van der Waals surface area contributed by atoms with Gasteiger partial charge in [-0.2, -0.15) is 0 Å². The van der Waals surface area contributed by atoms with E-state index < -0.39 is 6.10 Å². The Kier molecular flexibility index (Phi) is 5.23. The van der Waals surface area contributed by atoms with E-state index in [1.807, 2.05) is 26.0 Å². The first-order chi connectivity index (χ1) is 11.5. The second-order valence-electron chi connectivity index (χ2n) is 5.93. The molecule has 1 aliphatic heterocycles. The number of nitrogens with zero attached hydrogens (tertiary/aromatic N) is 1. The highest BCUT2D eigenvalue weighted by Gasteiger charge is 2.19. The van der Waals surface area contributed by atoms with Crippen molar-refractivity contribution in [2.45, 2.75) is 26.5 Å². The molecule has 5 nitrogen and oxygen atoms in total.